The van der Waals surface area contributed by atoms with Gasteiger partial charge in [0.1, 0.15) is 18.1 Å². The standard InChI is InChI=1S/C18H32N4O8/c1-8(2)7-12(18(29)30)21-15(26)9(3)20-17(28)14(10(4)23)22-16(27)11(19)5-6-13(24)25/h8-12,14,23H,5-7,19H2,1-4H3,(H,20,28)(H,21,26)(H,22,27)(H,24,25)(H,29,30). The summed E-state index contributed by atoms with van der Waals surface area (Å²) in [6, 6.07) is -4.93. The summed E-state index contributed by atoms with van der Waals surface area (Å²) in [4.78, 5) is 58.5. The van der Waals surface area contributed by atoms with Crippen molar-refractivity contribution in [1.29, 1.82) is 0 Å². The Morgan fingerprint density at radius 2 is 1.43 bits per heavy atom. The van der Waals surface area contributed by atoms with E-state index in [4.69, 9.17) is 10.8 Å². The van der Waals surface area contributed by atoms with Crippen molar-refractivity contribution < 1.29 is 39.3 Å². The third kappa shape index (κ3) is 10.2. The zero-order valence-electron chi connectivity index (χ0n) is 17.5. The van der Waals surface area contributed by atoms with Crippen LogP contribution in [0, 0.1) is 5.92 Å². The molecule has 0 aliphatic heterocycles. The minimum atomic E-state index is -1.45. The van der Waals surface area contributed by atoms with Gasteiger partial charge in [-0.25, -0.2) is 4.79 Å². The fraction of sp³-hybridized carbons (Fsp3) is 0.722. The van der Waals surface area contributed by atoms with Crippen LogP contribution in [0.2, 0.25) is 0 Å². The number of rotatable bonds is 13. The maximum atomic E-state index is 12.4. The largest absolute Gasteiger partial charge is 0.481 e. The van der Waals surface area contributed by atoms with Crippen molar-refractivity contribution in [2.45, 2.75) is 77.2 Å². The average molecular weight is 432 g/mol. The first kappa shape index (κ1) is 27.3. The molecule has 0 saturated heterocycles. The van der Waals surface area contributed by atoms with Gasteiger partial charge in [0.2, 0.25) is 17.7 Å². The Hall–Kier alpha value is -2.73. The highest BCUT2D eigenvalue weighted by Crippen LogP contribution is 2.05. The minimum absolute atomic E-state index is 0.0106. The van der Waals surface area contributed by atoms with Gasteiger partial charge < -0.3 is 37.0 Å². The van der Waals surface area contributed by atoms with Crippen molar-refractivity contribution in [3.05, 3.63) is 0 Å². The highest BCUT2D eigenvalue weighted by atomic mass is 16.4. The molecule has 0 rings (SSSR count). The van der Waals surface area contributed by atoms with Gasteiger partial charge in [0, 0.05) is 6.42 Å². The van der Waals surface area contributed by atoms with Crippen molar-refractivity contribution in [1.82, 2.24) is 16.0 Å². The monoisotopic (exact) mass is 432 g/mol. The number of carbonyl (C=O) groups is 5. The molecule has 0 aromatic carbocycles. The van der Waals surface area contributed by atoms with E-state index in [1.54, 1.807) is 13.8 Å². The molecule has 12 heteroatoms. The van der Waals surface area contributed by atoms with Crippen molar-refractivity contribution in [2.75, 3.05) is 0 Å². The molecule has 8 N–H and O–H groups in total. The Labute approximate surface area is 174 Å². The first-order valence-electron chi connectivity index (χ1n) is 9.55. The Bertz CT molecular complexity index is 638. The first-order chi connectivity index (χ1) is 13.8. The number of carbonyl (C=O) groups excluding carboxylic acids is 3. The molecular weight excluding hydrogens is 400 g/mol. The molecule has 5 unspecified atom stereocenters. The zero-order valence-corrected chi connectivity index (χ0v) is 17.5. The zero-order chi connectivity index (χ0) is 23.6. The van der Waals surface area contributed by atoms with Gasteiger partial charge in [-0.05, 0) is 32.6 Å². The molecule has 0 aliphatic rings. The fourth-order valence-electron chi connectivity index (χ4n) is 2.43. The van der Waals surface area contributed by atoms with Crippen LogP contribution in [0.25, 0.3) is 0 Å². The second-order valence-corrected chi connectivity index (χ2v) is 7.53. The highest BCUT2D eigenvalue weighted by molar-refractivity contribution is 5.94. The lowest BCUT2D eigenvalue weighted by atomic mass is 10.0. The van der Waals surface area contributed by atoms with E-state index in [0.29, 0.717) is 0 Å². The number of aliphatic carboxylic acids is 2. The molecule has 0 aliphatic carbocycles. The summed E-state index contributed by atoms with van der Waals surface area (Å²) in [5, 5.41) is 34.5. The molecule has 0 heterocycles. The van der Waals surface area contributed by atoms with Gasteiger partial charge >= 0.3 is 11.9 Å². The number of hydrogen-bond acceptors (Lipinski definition) is 7. The second-order valence-electron chi connectivity index (χ2n) is 7.53. The van der Waals surface area contributed by atoms with E-state index in [0.717, 1.165) is 0 Å². The molecule has 12 nitrogen and oxygen atoms in total. The van der Waals surface area contributed by atoms with Gasteiger partial charge in [-0.3, -0.25) is 19.2 Å². The van der Waals surface area contributed by atoms with Crippen LogP contribution >= 0.6 is 0 Å². The summed E-state index contributed by atoms with van der Waals surface area (Å²) in [6.45, 7) is 6.15. The third-order valence-electron chi connectivity index (χ3n) is 4.14. The molecular formula is C18H32N4O8. The highest BCUT2D eigenvalue weighted by Gasteiger charge is 2.31. The van der Waals surface area contributed by atoms with E-state index in [9.17, 15) is 34.2 Å². The van der Waals surface area contributed by atoms with E-state index >= 15 is 0 Å². The van der Waals surface area contributed by atoms with Crippen molar-refractivity contribution in [3.8, 4) is 0 Å². The van der Waals surface area contributed by atoms with E-state index in [1.165, 1.54) is 13.8 Å². The maximum Gasteiger partial charge on any atom is 0.326 e. The van der Waals surface area contributed by atoms with Gasteiger partial charge in [-0.1, -0.05) is 13.8 Å². The molecule has 0 radical (unpaired) electrons. The summed E-state index contributed by atoms with van der Waals surface area (Å²) >= 11 is 0. The van der Waals surface area contributed by atoms with Crippen LogP contribution in [0.4, 0.5) is 0 Å². The van der Waals surface area contributed by atoms with Crippen LogP contribution in [-0.4, -0.2) is 75.3 Å². The number of hydrogen-bond donors (Lipinski definition) is 7. The number of carboxylic acids is 2. The predicted molar refractivity (Wildman–Crippen MR) is 105 cm³/mol. The normalized spacial score (nSPS) is 16.0. The molecule has 0 fully saturated rings. The lowest BCUT2D eigenvalue weighted by Crippen LogP contribution is -2.59. The number of amides is 3. The summed E-state index contributed by atoms with van der Waals surface area (Å²) in [5.41, 5.74) is 5.58. The van der Waals surface area contributed by atoms with Crippen LogP contribution < -0.4 is 21.7 Å². The number of aliphatic hydroxyl groups is 1. The quantitative estimate of drug-likeness (QED) is 0.174. The number of nitrogens with one attached hydrogen (secondary N) is 3. The molecule has 0 aromatic rings. The summed E-state index contributed by atoms with van der Waals surface area (Å²) in [6.07, 6.45) is -1.66. The first-order valence-corrected chi connectivity index (χ1v) is 9.55. The third-order valence-corrected chi connectivity index (χ3v) is 4.14. The van der Waals surface area contributed by atoms with Crippen LogP contribution in [-0.2, 0) is 24.0 Å². The van der Waals surface area contributed by atoms with Gasteiger partial charge in [0.15, 0.2) is 0 Å². The van der Waals surface area contributed by atoms with E-state index in [2.05, 4.69) is 16.0 Å². The van der Waals surface area contributed by atoms with Crippen LogP contribution in [0.3, 0.4) is 0 Å². The van der Waals surface area contributed by atoms with Gasteiger partial charge in [0.05, 0.1) is 12.1 Å². The van der Waals surface area contributed by atoms with Crippen molar-refractivity contribution in [2.24, 2.45) is 11.7 Å². The summed E-state index contributed by atoms with van der Waals surface area (Å²) in [5.74, 6) is -4.80. The number of carboxylic acid groups (broad SMARTS) is 2. The van der Waals surface area contributed by atoms with Crippen LogP contribution in [0.1, 0.15) is 47.0 Å². The van der Waals surface area contributed by atoms with Crippen molar-refractivity contribution >= 4 is 29.7 Å². The summed E-state index contributed by atoms with van der Waals surface area (Å²) < 4.78 is 0. The molecule has 5 atom stereocenters. The SMILES string of the molecule is CC(C)CC(NC(=O)C(C)NC(=O)C(NC(=O)C(N)CCC(=O)O)C(C)O)C(=O)O. The van der Waals surface area contributed by atoms with Crippen LogP contribution in [0.5, 0.6) is 0 Å². The summed E-state index contributed by atoms with van der Waals surface area (Å²) in [7, 11) is 0. The van der Waals surface area contributed by atoms with E-state index < -0.39 is 59.9 Å². The molecule has 0 spiro atoms. The molecule has 0 bridgehead atoms. The number of aliphatic hydroxyl groups excluding tert-OH is 1. The molecule has 0 saturated carbocycles. The molecule has 3 amide bonds. The van der Waals surface area contributed by atoms with Gasteiger partial charge in [-0.2, -0.15) is 0 Å². The Kier molecular flexibility index (Phi) is 11.6. The van der Waals surface area contributed by atoms with Crippen molar-refractivity contribution in [3.63, 3.8) is 0 Å². The van der Waals surface area contributed by atoms with Gasteiger partial charge in [0.25, 0.3) is 0 Å². The number of nitrogens with two attached hydrogens (primary N) is 1. The lowest BCUT2D eigenvalue weighted by Gasteiger charge is -2.25. The van der Waals surface area contributed by atoms with E-state index in [1.807, 2.05) is 0 Å². The topological polar surface area (TPSA) is 208 Å². The molecule has 172 valence electrons. The predicted octanol–water partition coefficient (Wildman–Crippen LogP) is -1.84. The smallest absolute Gasteiger partial charge is 0.326 e. The Morgan fingerprint density at radius 1 is 0.867 bits per heavy atom. The van der Waals surface area contributed by atoms with E-state index in [-0.39, 0.29) is 25.2 Å². The second kappa shape index (κ2) is 12.8. The maximum absolute atomic E-state index is 12.4. The van der Waals surface area contributed by atoms with Gasteiger partial charge in [-0.15, -0.1) is 0 Å². The fourth-order valence-corrected chi connectivity index (χ4v) is 2.43. The van der Waals surface area contributed by atoms with Crippen LogP contribution in [0.15, 0.2) is 0 Å². The molecule has 30 heavy (non-hydrogen) atoms. The Morgan fingerprint density at radius 3 is 1.87 bits per heavy atom. The Balaban J connectivity index is 4.96. The average Bonchev–Trinajstić information content (AvgIpc) is 2.61. The minimum Gasteiger partial charge on any atom is -0.481 e. The molecule has 0 aromatic heterocycles. The lowest BCUT2D eigenvalue weighted by molar-refractivity contribution is -0.143.